The van der Waals surface area contributed by atoms with Crippen LogP contribution >= 0.6 is 0 Å². The van der Waals surface area contributed by atoms with Crippen LogP contribution in [0.25, 0.3) is 0 Å². The summed E-state index contributed by atoms with van der Waals surface area (Å²) in [6, 6.07) is 12.9. The number of nitrogen functional groups attached to an aromatic ring is 1. The molecule has 0 saturated carbocycles. The standard InChI is InChI=1S/C16H18N2O2/c1-11-6-7-12(2)15(8-11)18-16(19)10-20-14-5-3-4-13(17)9-14/h3-9H,10,17H2,1-2H3,(H,18,19). The van der Waals surface area contributed by atoms with E-state index >= 15 is 0 Å². The number of hydrogen-bond acceptors (Lipinski definition) is 3. The Morgan fingerprint density at radius 3 is 2.75 bits per heavy atom. The van der Waals surface area contributed by atoms with Gasteiger partial charge in [0, 0.05) is 17.4 Å². The van der Waals surface area contributed by atoms with Crippen LogP contribution in [-0.2, 0) is 4.79 Å². The summed E-state index contributed by atoms with van der Waals surface area (Å²) in [6.45, 7) is 3.89. The Kier molecular flexibility index (Phi) is 4.25. The van der Waals surface area contributed by atoms with Crippen LogP contribution in [0.15, 0.2) is 42.5 Å². The van der Waals surface area contributed by atoms with E-state index in [0.29, 0.717) is 11.4 Å². The van der Waals surface area contributed by atoms with Crippen LogP contribution in [0.5, 0.6) is 5.75 Å². The normalized spacial score (nSPS) is 10.1. The molecule has 4 nitrogen and oxygen atoms in total. The second kappa shape index (κ2) is 6.10. The molecule has 0 aliphatic carbocycles. The third kappa shape index (κ3) is 3.75. The fraction of sp³-hybridized carbons (Fsp3) is 0.188. The molecule has 0 aromatic heterocycles. The highest BCUT2D eigenvalue weighted by molar-refractivity contribution is 5.92. The molecule has 2 aromatic carbocycles. The van der Waals surface area contributed by atoms with E-state index in [2.05, 4.69) is 5.32 Å². The molecule has 0 radical (unpaired) electrons. The second-order valence-electron chi connectivity index (χ2n) is 4.73. The number of hydrogen-bond donors (Lipinski definition) is 2. The predicted octanol–water partition coefficient (Wildman–Crippen LogP) is 2.90. The molecule has 0 saturated heterocycles. The number of rotatable bonds is 4. The van der Waals surface area contributed by atoms with Crippen LogP contribution in [-0.4, -0.2) is 12.5 Å². The lowest BCUT2D eigenvalue weighted by molar-refractivity contribution is -0.118. The summed E-state index contributed by atoms with van der Waals surface area (Å²) < 4.78 is 5.40. The Balaban J connectivity index is 1.94. The molecule has 3 N–H and O–H groups in total. The lowest BCUT2D eigenvalue weighted by Gasteiger charge is -2.10. The Labute approximate surface area is 118 Å². The summed E-state index contributed by atoms with van der Waals surface area (Å²) in [4.78, 5) is 11.9. The fourth-order valence-electron chi connectivity index (χ4n) is 1.81. The minimum atomic E-state index is -0.193. The topological polar surface area (TPSA) is 64.3 Å². The molecular weight excluding hydrogens is 252 g/mol. The maximum Gasteiger partial charge on any atom is 0.262 e. The Bertz CT molecular complexity index is 624. The zero-order chi connectivity index (χ0) is 14.5. The van der Waals surface area contributed by atoms with Gasteiger partial charge in [0.15, 0.2) is 6.61 Å². The van der Waals surface area contributed by atoms with Crippen molar-refractivity contribution in [2.24, 2.45) is 0 Å². The van der Waals surface area contributed by atoms with Gasteiger partial charge >= 0.3 is 0 Å². The van der Waals surface area contributed by atoms with Crippen LogP contribution in [0, 0.1) is 13.8 Å². The molecule has 0 atom stereocenters. The number of nitrogens with two attached hydrogens (primary N) is 1. The lowest BCUT2D eigenvalue weighted by atomic mass is 10.1. The predicted molar refractivity (Wildman–Crippen MR) is 80.9 cm³/mol. The van der Waals surface area contributed by atoms with Gasteiger partial charge in [-0.05, 0) is 43.2 Å². The number of benzene rings is 2. The first-order chi connectivity index (χ1) is 9.54. The van der Waals surface area contributed by atoms with Crippen molar-refractivity contribution in [3.8, 4) is 5.75 Å². The van der Waals surface area contributed by atoms with Crippen molar-refractivity contribution in [2.75, 3.05) is 17.7 Å². The van der Waals surface area contributed by atoms with Crippen LogP contribution in [0.2, 0.25) is 0 Å². The monoisotopic (exact) mass is 270 g/mol. The van der Waals surface area contributed by atoms with Crippen LogP contribution in [0.3, 0.4) is 0 Å². The smallest absolute Gasteiger partial charge is 0.262 e. The summed E-state index contributed by atoms with van der Waals surface area (Å²) in [5.41, 5.74) is 9.19. The largest absolute Gasteiger partial charge is 0.484 e. The maximum absolute atomic E-state index is 11.9. The molecule has 0 aliphatic heterocycles. The van der Waals surface area contributed by atoms with Crippen molar-refractivity contribution < 1.29 is 9.53 Å². The molecule has 104 valence electrons. The van der Waals surface area contributed by atoms with Crippen LogP contribution < -0.4 is 15.8 Å². The third-order valence-corrected chi connectivity index (χ3v) is 2.90. The quantitative estimate of drug-likeness (QED) is 0.840. The average Bonchev–Trinajstić information content (AvgIpc) is 2.41. The molecule has 1 amide bonds. The van der Waals surface area contributed by atoms with Crippen molar-refractivity contribution in [3.63, 3.8) is 0 Å². The molecule has 0 bridgehead atoms. The number of aryl methyl sites for hydroxylation is 2. The lowest BCUT2D eigenvalue weighted by Crippen LogP contribution is -2.20. The Morgan fingerprint density at radius 1 is 1.20 bits per heavy atom. The van der Waals surface area contributed by atoms with E-state index in [9.17, 15) is 4.79 Å². The fourth-order valence-corrected chi connectivity index (χ4v) is 1.81. The first-order valence-electron chi connectivity index (χ1n) is 6.40. The minimum Gasteiger partial charge on any atom is -0.484 e. The van der Waals surface area contributed by atoms with E-state index in [1.807, 2.05) is 32.0 Å². The van der Waals surface area contributed by atoms with Gasteiger partial charge in [0.05, 0.1) is 0 Å². The molecule has 0 heterocycles. The van der Waals surface area contributed by atoms with Crippen molar-refractivity contribution in [2.45, 2.75) is 13.8 Å². The zero-order valence-corrected chi connectivity index (χ0v) is 11.6. The van der Waals surface area contributed by atoms with Crippen molar-refractivity contribution in [1.82, 2.24) is 0 Å². The van der Waals surface area contributed by atoms with Gasteiger partial charge in [-0.3, -0.25) is 4.79 Å². The second-order valence-corrected chi connectivity index (χ2v) is 4.73. The number of amides is 1. The van der Waals surface area contributed by atoms with Crippen LogP contribution in [0.1, 0.15) is 11.1 Å². The number of anilines is 2. The first-order valence-corrected chi connectivity index (χ1v) is 6.40. The number of carbonyl (C=O) groups is 1. The molecule has 2 aromatic rings. The number of nitrogens with one attached hydrogen (secondary N) is 1. The summed E-state index contributed by atoms with van der Waals surface area (Å²) in [5, 5.41) is 2.84. The van der Waals surface area contributed by atoms with Gasteiger partial charge in [-0.2, -0.15) is 0 Å². The van der Waals surface area contributed by atoms with Gasteiger partial charge in [0.1, 0.15) is 5.75 Å². The molecule has 20 heavy (non-hydrogen) atoms. The third-order valence-electron chi connectivity index (χ3n) is 2.90. The SMILES string of the molecule is Cc1ccc(C)c(NC(=O)COc2cccc(N)c2)c1. The average molecular weight is 270 g/mol. The van der Waals surface area contributed by atoms with E-state index in [1.165, 1.54) is 0 Å². The molecule has 4 heteroatoms. The summed E-state index contributed by atoms with van der Waals surface area (Å²) >= 11 is 0. The highest BCUT2D eigenvalue weighted by Gasteiger charge is 2.06. The molecule has 0 spiro atoms. The Hall–Kier alpha value is -2.49. The van der Waals surface area contributed by atoms with Crippen molar-refractivity contribution in [1.29, 1.82) is 0 Å². The highest BCUT2D eigenvalue weighted by Crippen LogP contribution is 2.17. The summed E-state index contributed by atoms with van der Waals surface area (Å²) in [5.74, 6) is 0.391. The van der Waals surface area contributed by atoms with Gasteiger partial charge in [0.2, 0.25) is 0 Å². The molecule has 0 fully saturated rings. The van der Waals surface area contributed by atoms with E-state index in [-0.39, 0.29) is 12.5 Å². The number of ether oxygens (including phenoxy) is 1. The first kappa shape index (κ1) is 13.9. The van der Waals surface area contributed by atoms with Crippen molar-refractivity contribution in [3.05, 3.63) is 53.6 Å². The zero-order valence-electron chi connectivity index (χ0n) is 11.6. The van der Waals surface area contributed by atoms with E-state index in [0.717, 1.165) is 16.8 Å². The van der Waals surface area contributed by atoms with Gasteiger partial charge in [-0.15, -0.1) is 0 Å². The van der Waals surface area contributed by atoms with E-state index in [4.69, 9.17) is 10.5 Å². The Morgan fingerprint density at radius 2 is 2.00 bits per heavy atom. The van der Waals surface area contributed by atoms with Gasteiger partial charge in [0.25, 0.3) is 5.91 Å². The highest BCUT2D eigenvalue weighted by atomic mass is 16.5. The summed E-state index contributed by atoms with van der Waals surface area (Å²) in [7, 11) is 0. The van der Waals surface area contributed by atoms with Crippen molar-refractivity contribution >= 4 is 17.3 Å². The molecule has 0 aliphatic rings. The minimum absolute atomic E-state index is 0.0448. The molecular formula is C16H18N2O2. The van der Waals surface area contributed by atoms with Gasteiger partial charge < -0.3 is 15.8 Å². The summed E-state index contributed by atoms with van der Waals surface area (Å²) in [6.07, 6.45) is 0. The van der Waals surface area contributed by atoms with Crippen LogP contribution in [0.4, 0.5) is 11.4 Å². The van der Waals surface area contributed by atoms with E-state index < -0.39 is 0 Å². The number of carbonyl (C=O) groups excluding carboxylic acids is 1. The van der Waals surface area contributed by atoms with Gasteiger partial charge in [-0.25, -0.2) is 0 Å². The van der Waals surface area contributed by atoms with Gasteiger partial charge in [-0.1, -0.05) is 18.2 Å². The maximum atomic E-state index is 11.9. The van der Waals surface area contributed by atoms with E-state index in [1.54, 1.807) is 24.3 Å². The molecule has 2 rings (SSSR count). The molecule has 0 unspecified atom stereocenters.